The number of hydrogen-bond donors (Lipinski definition) is 1. The van der Waals surface area contributed by atoms with Gasteiger partial charge >= 0.3 is 5.97 Å². The van der Waals surface area contributed by atoms with Crippen LogP contribution in [0.15, 0.2) is 54.6 Å². The van der Waals surface area contributed by atoms with Crippen LogP contribution in [0.4, 0.5) is 4.39 Å². The molecule has 0 aliphatic carbocycles. The molecule has 2 aromatic carbocycles. The standard InChI is InChI=1S/C21H22FNO3/c1-3-16-4-9-18(10-5-16)15(2)23-20(24)14-26-21(25)13-8-17-6-11-19(22)12-7-17/h4-13,15H,3,14H2,1-2H3,(H,23,24)/b13-8+. The Hall–Kier alpha value is -2.95. The minimum atomic E-state index is -0.635. The summed E-state index contributed by atoms with van der Waals surface area (Å²) >= 11 is 0. The number of hydrogen-bond acceptors (Lipinski definition) is 3. The number of carbonyl (C=O) groups is 2. The third-order valence-electron chi connectivity index (χ3n) is 3.89. The van der Waals surface area contributed by atoms with Crippen molar-refractivity contribution in [2.24, 2.45) is 0 Å². The fraction of sp³-hybridized carbons (Fsp3) is 0.238. The second kappa shape index (κ2) is 9.51. The molecule has 0 aliphatic rings. The molecule has 2 rings (SSSR count). The molecule has 0 saturated carbocycles. The first-order valence-electron chi connectivity index (χ1n) is 8.46. The number of ether oxygens (including phenoxy) is 1. The monoisotopic (exact) mass is 355 g/mol. The molecule has 0 bridgehead atoms. The predicted octanol–water partition coefficient (Wildman–Crippen LogP) is 3.82. The van der Waals surface area contributed by atoms with Crippen LogP contribution in [0.2, 0.25) is 0 Å². The topological polar surface area (TPSA) is 55.4 Å². The number of carbonyl (C=O) groups excluding carboxylic acids is 2. The van der Waals surface area contributed by atoms with Crippen molar-refractivity contribution in [1.29, 1.82) is 0 Å². The van der Waals surface area contributed by atoms with Crippen LogP contribution in [-0.4, -0.2) is 18.5 Å². The van der Waals surface area contributed by atoms with E-state index in [1.54, 1.807) is 0 Å². The summed E-state index contributed by atoms with van der Waals surface area (Å²) in [7, 11) is 0. The van der Waals surface area contributed by atoms with Gasteiger partial charge in [-0.3, -0.25) is 4.79 Å². The molecule has 1 unspecified atom stereocenters. The number of halogens is 1. The average Bonchev–Trinajstić information content (AvgIpc) is 2.66. The van der Waals surface area contributed by atoms with E-state index in [1.165, 1.54) is 42.0 Å². The normalized spacial score (nSPS) is 12.0. The SMILES string of the molecule is CCc1ccc(C(C)NC(=O)COC(=O)/C=C/c2ccc(F)cc2)cc1. The maximum absolute atomic E-state index is 12.8. The van der Waals surface area contributed by atoms with Gasteiger partial charge in [-0.05, 0) is 48.2 Å². The number of benzene rings is 2. The van der Waals surface area contributed by atoms with Crippen molar-refractivity contribution in [1.82, 2.24) is 5.32 Å². The maximum atomic E-state index is 12.8. The molecular weight excluding hydrogens is 333 g/mol. The van der Waals surface area contributed by atoms with Gasteiger partial charge in [-0.25, -0.2) is 9.18 Å². The maximum Gasteiger partial charge on any atom is 0.331 e. The van der Waals surface area contributed by atoms with Gasteiger partial charge in [-0.2, -0.15) is 0 Å². The first-order chi connectivity index (χ1) is 12.5. The Morgan fingerprint density at radius 2 is 1.77 bits per heavy atom. The van der Waals surface area contributed by atoms with Crippen molar-refractivity contribution in [3.8, 4) is 0 Å². The number of rotatable bonds is 7. The molecule has 4 nitrogen and oxygen atoms in total. The average molecular weight is 355 g/mol. The van der Waals surface area contributed by atoms with E-state index in [2.05, 4.69) is 12.2 Å². The smallest absolute Gasteiger partial charge is 0.331 e. The van der Waals surface area contributed by atoms with Crippen LogP contribution in [0.3, 0.4) is 0 Å². The molecule has 0 aliphatic heterocycles. The van der Waals surface area contributed by atoms with E-state index in [0.29, 0.717) is 5.56 Å². The van der Waals surface area contributed by atoms with E-state index >= 15 is 0 Å². The number of amides is 1. The summed E-state index contributed by atoms with van der Waals surface area (Å²) in [6.07, 6.45) is 3.66. The molecule has 1 N–H and O–H groups in total. The highest BCUT2D eigenvalue weighted by molar-refractivity contribution is 5.89. The van der Waals surface area contributed by atoms with Crippen LogP contribution < -0.4 is 5.32 Å². The van der Waals surface area contributed by atoms with Gasteiger partial charge in [0.25, 0.3) is 5.91 Å². The Morgan fingerprint density at radius 1 is 1.12 bits per heavy atom. The van der Waals surface area contributed by atoms with Crippen LogP contribution in [0, 0.1) is 5.82 Å². The van der Waals surface area contributed by atoms with Crippen LogP contribution in [0.25, 0.3) is 6.08 Å². The predicted molar refractivity (Wildman–Crippen MR) is 98.8 cm³/mol. The van der Waals surface area contributed by atoms with E-state index in [0.717, 1.165) is 12.0 Å². The summed E-state index contributed by atoms with van der Waals surface area (Å²) in [6.45, 7) is 3.60. The highest BCUT2D eigenvalue weighted by Crippen LogP contribution is 2.13. The third kappa shape index (κ3) is 6.16. The molecule has 0 aromatic heterocycles. The van der Waals surface area contributed by atoms with Crippen molar-refractivity contribution in [3.05, 3.63) is 77.1 Å². The van der Waals surface area contributed by atoms with Gasteiger partial charge in [-0.15, -0.1) is 0 Å². The summed E-state index contributed by atoms with van der Waals surface area (Å²) in [5.41, 5.74) is 2.88. The fourth-order valence-electron chi connectivity index (χ4n) is 2.33. The second-order valence-corrected chi connectivity index (χ2v) is 5.88. The summed E-state index contributed by atoms with van der Waals surface area (Å²) in [6, 6.07) is 13.5. The zero-order chi connectivity index (χ0) is 18.9. The van der Waals surface area contributed by atoms with Crippen LogP contribution >= 0.6 is 0 Å². The summed E-state index contributed by atoms with van der Waals surface area (Å²) in [5.74, 6) is -1.36. The van der Waals surface area contributed by atoms with Crippen LogP contribution in [0.5, 0.6) is 0 Å². The number of aryl methyl sites for hydroxylation is 1. The molecule has 1 amide bonds. The van der Waals surface area contributed by atoms with Gasteiger partial charge in [0.05, 0.1) is 6.04 Å². The van der Waals surface area contributed by atoms with E-state index in [4.69, 9.17) is 4.74 Å². The Morgan fingerprint density at radius 3 is 2.38 bits per heavy atom. The van der Waals surface area contributed by atoms with Crippen molar-refractivity contribution >= 4 is 18.0 Å². The Kier molecular flexibility index (Phi) is 7.09. The molecule has 0 saturated heterocycles. The number of nitrogens with one attached hydrogen (secondary N) is 1. The lowest BCUT2D eigenvalue weighted by molar-refractivity contribution is -0.144. The molecule has 5 heteroatoms. The highest BCUT2D eigenvalue weighted by Gasteiger charge is 2.11. The minimum absolute atomic E-state index is 0.179. The van der Waals surface area contributed by atoms with Crippen molar-refractivity contribution in [3.63, 3.8) is 0 Å². The Bertz CT molecular complexity index is 767. The molecule has 0 radical (unpaired) electrons. The molecular formula is C21H22FNO3. The zero-order valence-electron chi connectivity index (χ0n) is 14.9. The van der Waals surface area contributed by atoms with E-state index in [1.807, 2.05) is 31.2 Å². The van der Waals surface area contributed by atoms with E-state index < -0.39 is 5.97 Å². The minimum Gasteiger partial charge on any atom is -0.452 e. The first kappa shape index (κ1) is 19.4. The molecule has 0 spiro atoms. The largest absolute Gasteiger partial charge is 0.452 e. The van der Waals surface area contributed by atoms with Crippen LogP contribution in [0.1, 0.15) is 36.6 Å². The summed E-state index contributed by atoms with van der Waals surface area (Å²) in [4.78, 5) is 23.6. The van der Waals surface area contributed by atoms with Gasteiger partial charge in [0.1, 0.15) is 5.82 Å². The summed E-state index contributed by atoms with van der Waals surface area (Å²) in [5, 5.41) is 2.79. The van der Waals surface area contributed by atoms with E-state index in [9.17, 15) is 14.0 Å². The summed E-state index contributed by atoms with van der Waals surface area (Å²) < 4.78 is 17.7. The third-order valence-corrected chi connectivity index (χ3v) is 3.89. The van der Waals surface area contributed by atoms with Gasteiger partial charge in [0.2, 0.25) is 0 Å². The van der Waals surface area contributed by atoms with Crippen molar-refractivity contribution < 1.29 is 18.7 Å². The molecule has 1 atom stereocenters. The fourth-order valence-corrected chi connectivity index (χ4v) is 2.33. The van der Waals surface area contributed by atoms with Crippen LogP contribution in [-0.2, 0) is 20.7 Å². The van der Waals surface area contributed by atoms with Gasteiger partial charge in [0.15, 0.2) is 6.61 Å². The number of esters is 1. The zero-order valence-corrected chi connectivity index (χ0v) is 14.9. The molecule has 26 heavy (non-hydrogen) atoms. The van der Waals surface area contributed by atoms with Crippen molar-refractivity contribution in [2.45, 2.75) is 26.3 Å². The lowest BCUT2D eigenvalue weighted by atomic mass is 10.1. The quantitative estimate of drug-likeness (QED) is 0.607. The molecule has 0 fully saturated rings. The second-order valence-electron chi connectivity index (χ2n) is 5.88. The Balaban J connectivity index is 1.78. The van der Waals surface area contributed by atoms with Gasteiger partial charge < -0.3 is 10.1 Å². The van der Waals surface area contributed by atoms with Gasteiger partial charge in [-0.1, -0.05) is 43.3 Å². The Labute approximate surface area is 152 Å². The molecule has 136 valence electrons. The lowest BCUT2D eigenvalue weighted by Crippen LogP contribution is -2.30. The van der Waals surface area contributed by atoms with E-state index in [-0.39, 0.29) is 24.4 Å². The molecule has 0 heterocycles. The van der Waals surface area contributed by atoms with Gasteiger partial charge in [0, 0.05) is 6.08 Å². The lowest BCUT2D eigenvalue weighted by Gasteiger charge is -2.14. The molecule has 2 aromatic rings. The van der Waals surface area contributed by atoms with Crippen molar-refractivity contribution in [2.75, 3.05) is 6.61 Å². The highest BCUT2D eigenvalue weighted by atomic mass is 19.1. The first-order valence-corrected chi connectivity index (χ1v) is 8.46.